The molecule has 0 saturated carbocycles. The molecule has 0 fully saturated rings. The van der Waals surface area contributed by atoms with Crippen molar-refractivity contribution in [2.45, 2.75) is 33.7 Å². The molecule has 0 saturated heterocycles. The highest BCUT2D eigenvalue weighted by atomic mass is 16.5. The summed E-state index contributed by atoms with van der Waals surface area (Å²) < 4.78 is 5.09. The first kappa shape index (κ1) is 19.4. The van der Waals surface area contributed by atoms with Crippen molar-refractivity contribution in [1.29, 1.82) is 0 Å². The number of carbonyl (C=O) groups excluding carboxylic acids is 3. The molecule has 1 aromatic heterocycles. The molecule has 0 bridgehead atoms. The van der Waals surface area contributed by atoms with E-state index in [0.29, 0.717) is 18.7 Å². The van der Waals surface area contributed by atoms with Crippen LogP contribution in [0, 0.1) is 6.92 Å². The van der Waals surface area contributed by atoms with Crippen LogP contribution in [0.2, 0.25) is 0 Å². The lowest BCUT2D eigenvalue weighted by molar-refractivity contribution is -0.135. The number of ether oxygens (including phenoxy) is 1. The van der Waals surface area contributed by atoms with Crippen molar-refractivity contribution in [2.24, 2.45) is 0 Å². The van der Waals surface area contributed by atoms with Crippen molar-refractivity contribution < 1.29 is 19.1 Å². The second-order valence-electron chi connectivity index (χ2n) is 6.24. The third kappa shape index (κ3) is 5.31. The number of esters is 1. The molecule has 6 heteroatoms. The Morgan fingerprint density at radius 1 is 1.15 bits per heavy atom. The Bertz CT molecular complexity index is 777. The fourth-order valence-corrected chi connectivity index (χ4v) is 2.49. The SMILES string of the molecule is CCCN(Cc1ccc(C)cc1)C(=O)COC(=O)c1cc(C(C)=O)c[nH]1. The summed E-state index contributed by atoms with van der Waals surface area (Å²) in [5, 5.41) is 0. The third-order valence-electron chi connectivity index (χ3n) is 3.98. The van der Waals surface area contributed by atoms with Crippen molar-refractivity contribution in [3.63, 3.8) is 0 Å². The number of aromatic nitrogens is 1. The predicted octanol–water partition coefficient (Wildman–Crippen LogP) is 3.12. The summed E-state index contributed by atoms with van der Waals surface area (Å²) in [5.74, 6) is -1.06. The number of rotatable bonds is 8. The molecule has 138 valence electrons. The average molecular weight is 356 g/mol. The second-order valence-corrected chi connectivity index (χ2v) is 6.24. The first-order chi connectivity index (χ1) is 12.4. The van der Waals surface area contributed by atoms with Gasteiger partial charge in [0.15, 0.2) is 12.4 Å². The third-order valence-corrected chi connectivity index (χ3v) is 3.98. The van der Waals surface area contributed by atoms with Crippen LogP contribution in [0.4, 0.5) is 0 Å². The Kier molecular flexibility index (Phi) is 6.72. The summed E-state index contributed by atoms with van der Waals surface area (Å²) in [6, 6.07) is 9.40. The molecule has 0 aliphatic carbocycles. The maximum absolute atomic E-state index is 12.4. The lowest BCUT2D eigenvalue weighted by Crippen LogP contribution is -2.35. The van der Waals surface area contributed by atoms with Gasteiger partial charge in [-0.2, -0.15) is 0 Å². The number of carbonyl (C=O) groups is 3. The van der Waals surface area contributed by atoms with Gasteiger partial charge < -0.3 is 14.6 Å². The molecule has 0 spiro atoms. The van der Waals surface area contributed by atoms with Crippen LogP contribution in [0.15, 0.2) is 36.5 Å². The monoisotopic (exact) mass is 356 g/mol. The second kappa shape index (κ2) is 8.99. The number of Topliss-reactive ketones (excluding diaryl/α,β-unsaturated/α-hetero) is 1. The molecular formula is C20H24N2O4. The standard InChI is InChI=1S/C20H24N2O4/c1-4-9-22(12-16-7-5-14(2)6-8-16)19(24)13-26-20(25)18-10-17(11-21-18)15(3)23/h5-8,10-11,21H,4,9,12-13H2,1-3H3. The van der Waals surface area contributed by atoms with E-state index in [2.05, 4.69) is 4.98 Å². The van der Waals surface area contributed by atoms with Crippen molar-refractivity contribution >= 4 is 17.7 Å². The minimum atomic E-state index is -0.655. The van der Waals surface area contributed by atoms with Gasteiger partial charge in [0, 0.05) is 24.8 Å². The van der Waals surface area contributed by atoms with Gasteiger partial charge in [-0.1, -0.05) is 36.8 Å². The smallest absolute Gasteiger partial charge is 0.355 e. The van der Waals surface area contributed by atoms with Gasteiger partial charge in [-0.25, -0.2) is 4.79 Å². The number of hydrogen-bond acceptors (Lipinski definition) is 4. The summed E-state index contributed by atoms with van der Waals surface area (Å²) in [4.78, 5) is 40.1. The molecule has 1 aromatic carbocycles. The Morgan fingerprint density at radius 2 is 1.85 bits per heavy atom. The van der Waals surface area contributed by atoms with Crippen LogP contribution in [0.1, 0.15) is 52.2 Å². The quantitative estimate of drug-likeness (QED) is 0.582. The number of aryl methyl sites for hydroxylation is 1. The number of amides is 1. The molecule has 0 aliphatic heterocycles. The number of benzene rings is 1. The molecule has 1 heterocycles. The zero-order valence-corrected chi connectivity index (χ0v) is 15.4. The van der Waals surface area contributed by atoms with E-state index in [1.165, 1.54) is 19.2 Å². The Balaban J connectivity index is 1.94. The summed E-state index contributed by atoms with van der Waals surface area (Å²) >= 11 is 0. The number of ketones is 1. The number of nitrogens with zero attached hydrogens (tertiary/aromatic N) is 1. The van der Waals surface area contributed by atoms with E-state index in [1.807, 2.05) is 38.1 Å². The molecule has 1 N–H and O–H groups in total. The van der Waals surface area contributed by atoms with Crippen LogP contribution in [0.3, 0.4) is 0 Å². The Morgan fingerprint density at radius 3 is 2.42 bits per heavy atom. The average Bonchev–Trinajstić information content (AvgIpc) is 3.11. The fourth-order valence-electron chi connectivity index (χ4n) is 2.49. The molecule has 0 atom stereocenters. The van der Waals surface area contributed by atoms with Gasteiger partial charge in [0.1, 0.15) is 5.69 Å². The van der Waals surface area contributed by atoms with Crippen LogP contribution < -0.4 is 0 Å². The van der Waals surface area contributed by atoms with Crippen molar-refractivity contribution in [3.05, 3.63) is 58.9 Å². The Hall–Kier alpha value is -2.89. The highest BCUT2D eigenvalue weighted by molar-refractivity contribution is 5.97. The van der Waals surface area contributed by atoms with Gasteiger partial charge in [-0.15, -0.1) is 0 Å². The summed E-state index contributed by atoms with van der Waals surface area (Å²) in [6.07, 6.45) is 2.26. The highest BCUT2D eigenvalue weighted by Crippen LogP contribution is 2.09. The van der Waals surface area contributed by atoms with Gasteiger partial charge >= 0.3 is 5.97 Å². The van der Waals surface area contributed by atoms with E-state index in [1.54, 1.807) is 4.90 Å². The maximum atomic E-state index is 12.4. The van der Waals surface area contributed by atoms with Gasteiger partial charge in [0.2, 0.25) is 0 Å². The van der Waals surface area contributed by atoms with Gasteiger partial charge in [-0.05, 0) is 31.9 Å². The van der Waals surface area contributed by atoms with Crippen molar-refractivity contribution in [1.82, 2.24) is 9.88 Å². The normalized spacial score (nSPS) is 10.4. The van der Waals surface area contributed by atoms with Gasteiger partial charge in [0.25, 0.3) is 5.91 Å². The van der Waals surface area contributed by atoms with Crippen LogP contribution in [0.25, 0.3) is 0 Å². The lowest BCUT2D eigenvalue weighted by Gasteiger charge is -2.22. The van der Waals surface area contributed by atoms with Crippen LogP contribution >= 0.6 is 0 Å². The molecule has 26 heavy (non-hydrogen) atoms. The first-order valence-electron chi connectivity index (χ1n) is 8.60. The van der Waals surface area contributed by atoms with E-state index in [9.17, 15) is 14.4 Å². The van der Waals surface area contributed by atoms with Crippen LogP contribution in [-0.4, -0.2) is 40.7 Å². The van der Waals surface area contributed by atoms with Crippen LogP contribution in [-0.2, 0) is 16.1 Å². The summed E-state index contributed by atoms with van der Waals surface area (Å²) in [6.45, 7) is 6.14. The molecule has 0 aliphatic rings. The van der Waals surface area contributed by atoms with Gasteiger partial charge in [0.05, 0.1) is 0 Å². The Labute approximate surface area is 153 Å². The molecule has 6 nitrogen and oxygen atoms in total. The lowest BCUT2D eigenvalue weighted by atomic mass is 10.1. The molecule has 1 amide bonds. The van der Waals surface area contributed by atoms with Crippen LogP contribution in [0.5, 0.6) is 0 Å². The zero-order valence-electron chi connectivity index (χ0n) is 15.4. The topological polar surface area (TPSA) is 79.5 Å². The minimum absolute atomic E-state index is 0.149. The molecule has 2 aromatic rings. The van der Waals surface area contributed by atoms with E-state index in [0.717, 1.165) is 17.5 Å². The maximum Gasteiger partial charge on any atom is 0.355 e. The van der Waals surface area contributed by atoms with E-state index < -0.39 is 5.97 Å². The fraction of sp³-hybridized carbons (Fsp3) is 0.350. The van der Waals surface area contributed by atoms with Gasteiger partial charge in [-0.3, -0.25) is 9.59 Å². The zero-order chi connectivity index (χ0) is 19.1. The predicted molar refractivity (Wildman–Crippen MR) is 98.0 cm³/mol. The van der Waals surface area contributed by atoms with Crippen molar-refractivity contribution in [2.75, 3.05) is 13.2 Å². The molecule has 2 rings (SSSR count). The largest absolute Gasteiger partial charge is 0.451 e. The number of H-pyrrole nitrogens is 1. The van der Waals surface area contributed by atoms with E-state index in [4.69, 9.17) is 4.74 Å². The van der Waals surface area contributed by atoms with Crippen molar-refractivity contribution in [3.8, 4) is 0 Å². The number of nitrogens with one attached hydrogen (secondary N) is 1. The number of aromatic amines is 1. The van der Waals surface area contributed by atoms with E-state index >= 15 is 0 Å². The molecule has 0 unspecified atom stereocenters. The number of hydrogen-bond donors (Lipinski definition) is 1. The minimum Gasteiger partial charge on any atom is -0.451 e. The highest BCUT2D eigenvalue weighted by Gasteiger charge is 2.18. The summed E-state index contributed by atoms with van der Waals surface area (Å²) in [7, 11) is 0. The van der Waals surface area contributed by atoms with E-state index in [-0.39, 0.29) is 24.0 Å². The first-order valence-corrected chi connectivity index (χ1v) is 8.60. The molecular weight excluding hydrogens is 332 g/mol. The summed E-state index contributed by atoms with van der Waals surface area (Å²) in [5.41, 5.74) is 2.74. The molecule has 0 radical (unpaired) electrons.